The summed E-state index contributed by atoms with van der Waals surface area (Å²) in [6, 6.07) is 17.3. The normalized spacial score (nSPS) is 10.5. The van der Waals surface area contributed by atoms with E-state index >= 15 is 0 Å². The Morgan fingerprint density at radius 2 is 1.83 bits per heavy atom. The van der Waals surface area contributed by atoms with Gasteiger partial charge in [-0.15, -0.1) is 0 Å². The first kappa shape index (κ1) is 16.0. The quantitative estimate of drug-likeness (QED) is 0.613. The third-order valence-corrected chi connectivity index (χ3v) is 4.47. The van der Waals surface area contributed by atoms with Crippen molar-refractivity contribution in [3.8, 4) is 0 Å². The number of aromatic nitrogens is 2. The molecule has 0 spiro atoms. The molecule has 0 fully saturated rings. The van der Waals surface area contributed by atoms with Gasteiger partial charge in [-0.25, -0.2) is 0 Å². The maximum Gasteiger partial charge on any atom is 0.257 e. The van der Waals surface area contributed by atoms with Gasteiger partial charge in [0.15, 0.2) is 5.82 Å². The van der Waals surface area contributed by atoms with Crippen molar-refractivity contribution in [2.75, 3.05) is 5.32 Å². The number of carbonyl (C=O) groups is 1. The van der Waals surface area contributed by atoms with Gasteiger partial charge in [-0.3, -0.25) is 9.48 Å². The van der Waals surface area contributed by atoms with Crippen molar-refractivity contribution in [1.29, 1.82) is 0 Å². The van der Waals surface area contributed by atoms with Crippen LogP contribution in [0, 0.1) is 3.57 Å². The van der Waals surface area contributed by atoms with Gasteiger partial charge < -0.3 is 5.32 Å². The fourth-order valence-electron chi connectivity index (χ4n) is 2.15. The summed E-state index contributed by atoms with van der Waals surface area (Å²) in [6.45, 7) is 0.597. The molecule has 0 aliphatic rings. The van der Waals surface area contributed by atoms with Crippen LogP contribution >= 0.6 is 34.2 Å². The van der Waals surface area contributed by atoms with Gasteiger partial charge >= 0.3 is 0 Å². The number of hydrogen-bond acceptors (Lipinski definition) is 2. The van der Waals surface area contributed by atoms with Crippen molar-refractivity contribution in [3.63, 3.8) is 0 Å². The molecule has 23 heavy (non-hydrogen) atoms. The number of anilines is 1. The molecule has 0 aliphatic carbocycles. The van der Waals surface area contributed by atoms with Crippen molar-refractivity contribution >= 4 is 45.9 Å². The first-order valence-electron chi connectivity index (χ1n) is 6.96. The highest BCUT2D eigenvalue weighted by atomic mass is 127. The van der Waals surface area contributed by atoms with Gasteiger partial charge in [0.05, 0.1) is 12.1 Å². The molecule has 116 valence electrons. The van der Waals surface area contributed by atoms with Gasteiger partial charge in [0.25, 0.3) is 5.91 Å². The second-order valence-corrected chi connectivity index (χ2v) is 6.51. The van der Waals surface area contributed by atoms with Crippen LogP contribution in [-0.4, -0.2) is 15.7 Å². The van der Waals surface area contributed by atoms with E-state index in [0.29, 0.717) is 22.9 Å². The summed E-state index contributed by atoms with van der Waals surface area (Å²) >= 11 is 8.31. The van der Waals surface area contributed by atoms with Crippen LogP contribution in [0.4, 0.5) is 5.82 Å². The van der Waals surface area contributed by atoms with Gasteiger partial charge in [-0.1, -0.05) is 54.1 Å². The molecule has 6 heteroatoms. The Labute approximate surface area is 152 Å². The lowest BCUT2D eigenvalue weighted by molar-refractivity contribution is 0.102. The van der Waals surface area contributed by atoms with E-state index in [0.717, 1.165) is 9.13 Å². The molecule has 3 rings (SSSR count). The van der Waals surface area contributed by atoms with Gasteiger partial charge in [-0.05, 0) is 40.3 Å². The Balaban J connectivity index is 1.76. The molecule has 1 N–H and O–H groups in total. The number of benzene rings is 2. The molecule has 0 atom stereocenters. The molecular weight excluding hydrogens is 425 g/mol. The summed E-state index contributed by atoms with van der Waals surface area (Å²) in [5, 5.41) is 7.53. The predicted octanol–water partition coefficient (Wildman–Crippen LogP) is 4.44. The van der Waals surface area contributed by atoms with Crippen LogP contribution in [-0.2, 0) is 6.54 Å². The molecule has 2 aromatic carbocycles. The Bertz CT molecular complexity index is 833. The van der Waals surface area contributed by atoms with E-state index < -0.39 is 0 Å². The van der Waals surface area contributed by atoms with Crippen molar-refractivity contribution < 1.29 is 4.79 Å². The summed E-state index contributed by atoms with van der Waals surface area (Å²) in [5.41, 5.74) is 1.71. The molecule has 3 aromatic rings. The van der Waals surface area contributed by atoms with E-state index in [9.17, 15) is 4.79 Å². The van der Waals surface area contributed by atoms with E-state index in [-0.39, 0.29) is 5.91 Å². The minimum Gasteiger partial charge on any atom is -0.304 e. The van der Waals surface area contributed by atoms with Crippen molar-refractivity contribution in [3.05, 3.63) is 80.5 Å². The summed E-state index contributed by atoms with van der Waals surface area (Å²) < 4.78 is 2.59. The van der Waals surface area contributed by atoms with Gasteiger partial charge in [0, 0.05) is 9.77 Å². The van der Waals surface area contributed by atoms with Crippen LogP contribution in [0.1, 0.15) is 15.9 Å². The first-order chi connectivity index (χ1) is 11.1. The van der Waals surface area contributed by atoms with E-state index in [1.54, 1.807) is 16.9 Å². The molecule has 0 saturated heterocycles. The third kappa shape index (κ3) is 3.92. The van der Waals surface area contributed by atoms with Crippen LogP contribution in [0.2, 0.25) is 5.02 Å². The van der Waals surface area contributed by atoms with Crippen molar-refractivity contribution in [1.82, 2.24) is 9.78 Å². The summed E-state index contributed by atoms with van der Waals surface area (Å²) in [4.78, 5) is 12.3. The van der Waals surface area contributed by atoms with E-state index in [4.69, 9.17) is 11.6 Å². The van der Waals surface area contributed by atoms with Gasteiger partial charge in [0.1, 0.15) is 5.02 Å². The average Bonchev–Trinajstić information content (AvgIpc) is 2.88. The third-order valence-electron chi connectivity index (χ3n) is 3.25. The van der Waals surface area contributed by atoms with Crippen LogP contribution < -0.4 is 5.32 Å². The molecule has 0 saturated carbocycles. The SMILES string of the molecule is O=C(Nc1nn(Cc2ccccc2)cc1Cl)c1ccccc1I. The predicted molar refractivity (Wildman–Crippen MR) is 99.9 cm³/mol. The molecule has 1 amide bonds. The Morgan fingerprint density at radius 3 is 2.57 bits per heavy atom. The van der Waals surface area contributed by atoms with Crippen LogP contribution in [0.25, 0.3) is 0 Å². The second-order valence-electron chi connectivity index (χ2n) is 4.94. The summed E-state index contributed by atoms with van der Waals surface area (Å²) in [5.74, 6) is 0.147. The second kappa shape index (κ2) is 7.14. The van der Waals surface area contributed by atoms with E-state index in [1.165, 1.54) is 0 Å². The highest BCUT2D eigenvalue weighted by molar-refractivity contribution is 14.1. The Kier molecular flexibility index (Phi) is 4.97. The molecule has 4 nitrogen and oxygen atoms in total. The number of hydrogen-bond donors (Lipinski definition) is 1. The zero-order valence-corrected chi connectivity index (χ0v) is 15.0. The maximum atomic E-state index is 12.3. The minimum atomic E-state index is -0.220. The smallest absolute Gasteiger partial charge is 0.257 e. The van der Waals surface area contributed by atoms with Crippen molar-refractivity contribution in [2.24, 2.45) is 0 Å². The zero-order valence-electron chi connectivity index (χ0n) is 12.0. The lowest BCUT2D eigenvalue weighted by atomic mass is 10.2. The first-order valence-corrected chi connectivity index (χ1v) is 8.42. The highest BCUT2D eigenvalue weighted by Crippen LogP contribution is 2.21. The largest absolute Gasteiger partial charge is 0.304 e. The van der Waals surface area contributed by atoms with Crippen LogP contribution in [0.5, 0.6) is 0 Å². The lowest BCUT2D eigenvalue weighted by Crippen LogP contribution is -2.14. The van der Waals surface area contributed by atoms with Crippen LogP contribution in [0.15, 0.2) is 60.8 Å². The molecule has 0 aliphatic heterocycles. The Hall–Kier alpha value is -1.86. The maximum absolute atomic E-state index is 12.3. The minimum absolute atomic E-state index is 0.220. The summed E-state index contributed by atoms with van der Waals surface area (Å²) in [7, 11) is 0. The lowest BCUT2D eigenvalue weighted by Gasteiger charge is -2.05. The fraction of sp³-hybridized carbons (Fsp3) is 0.0588. The topological polar surface area (TPSA) is 46.9 Å². The molecule has 1 aromatic heterocycles. The number of carbonyl (C=O) groups excluding carboxylic acids is 1. The molecule has 0 bridgehead atoms. The number of rotatable bonds is 4. The van der Waals surface area contributed by atoms with Crippen molar-refractivity contribution in [2.45, 2.75) is 6.54 Å². The monoisotopic (exact) mass is 437 g/mol. The standard InChI is InChI=1S/C17H13ClIN3O/c18-14-11-22(10-12-6-2-1-3-7-12)21-16(14)20-17(23)13-8-4-5-9-15(13)19/h1-9,11H,10H2,(H,20,21,23). The average molecular weight is 438 g/mol. The molecule has 0 unspecified atom stereocenters. The Morgan fingerprint density at radius 1 is 1.13 bits per heavy atom. The number of nitrogens with one attached hydrogen (secondary N) is 1. The van der Waals surface area contributed by atoms with Gasteiger partial charge in [-0.2, -0.15) is 5.10 Å². The molecule has 0 radical (unpaired) electrons. The molecular formula is C17H13ClIN3O. The summed E-state index contributed by atoms with van der Waals surface area (Å²) in [6.07, 6.45) is 1.71. The molecule has 1 heterocycles. The fourth-order valence-corrected chi connectivity index (χ4v) is 2.98. The van der Waals surface area contributed by atoms with E-state index in [2.05, 4.69) is 33.0 Å². The highest BCUT2D eigenvalue weighted by Gasteiger charge is 2.14. The number of amides is 1. The zero-order chi connectivity index (χ0) is 16.2. The van der Waals surface area contributed by atoms with Crippen LogP contribution in [0.3, 0.4) is 0 Å². The van der Waals surface area contributed by atoms with E-state index in [1.807, 2.05) is 48.5 Å². The number of halogens is 2. The van der Waals surface area contributed by atoms with Gasteiger partial charge in [0.2, 0.25) is 0 Å². The number of nitrogens with zero attached hydrogens (tertiary/aromatic N) is 2.